The highest BCUT2D eigenvalue weighted by Crippen LogP contribution is 2.34. The third-order valence-electron chi connectivity index (χ3n) is 6.62. The number of anilines is 2. The average Bonchev–Trinajstić information content (AvgIpc) is 3.50. The van der Waals surface area contributed by atoms with Crippen LogP contribution in [-0.2, 0) is 11.8 Å². The van der Waals surface area contributed by atoms with Crippen LogP contribution in [0.15, 0.2) is 47.7 Å². The molecule has 0 amide bonds. The van der Waals surface area contributed by atoms with Crippen LogP contribution in [0.5, 0.6) is 0 Å². The summed E-state index contributed by atoms with van der Waals surface area (Å²) in [6.07, 6.45) is -1.32. The lowest BCUT2D eigenvalue weighted by Crippen LogP contribution is -2.49. The van der Waals surface area contributed by atoms with E-state index in [1.807, 2.05) is 6.92 Å². The molecule has 6 rings (SSSR count). The van der Waals surface area contributed by atoms with Gasteiger partial charge >= 0.3 is 6.18 Å². The predicted molar refractivity (Wildman–Crippen MR) is 139 cm³/mol. The van der Waals surface area contributed by atoms with Crippen LogP contribution in [0.1, 0.15) is 18.8 Å². The van der Waals surface area contributed by atoms with Crippen LogP contribution in [-0.4, -0.2) is 66.7 Å². The molecular weight excluding hydrogens is 515 g/mol. The van der Waals surface area contributed by atoms with Gasteiger partial charge in [0.25, 0.3) is 5.56 Å². The molecule has 1 saturated heterocycles. The molecule has 4 aromatic heterocycles. The van der Waals surface area contributed by atoms with Crippen molar-refractivity contribution in [2.75, 3.05) is 29.9 Å². The Kier molecular flexibility index (Phi) is 5.98. The van der Waals surface area contributed by atoms with Crippen molar-refractivity contribution in [2.45, 2.75) is 25.2 Å². The van der Waals surface area contributed by atoms with Crippen molar-refractivity contribution >= 4 is 33.4 Å². The highest BCUT2D eigenvalue weighted by molar-refractivity contribution is 5.96. The third-order valence-corrected chi connectivity index (χ3v) is 6.62. The molecule has 0 spiro atoms. The van der Waals surface area contributed by atoms with E-state index in [0.29, 0.717) is 45.8 Å². The van der Waals surface area contributed by atoms with Crippen LogP contribution in [0.3, 0.4) is 0 Å². The van der Waals surface area contributed by atoms with Crippen molar-refractivity contribution in [1.82, 2.24) is 34.7 Å². The number of pyridine rings is 1. The highest BCUT2D eigenvalue weighted by atomic mass is 19.4. The van der Waals surface area contributed by atoms with Gasteiger partial charge in [0.05, 0.1) is 41.4 Å². The van der Waals surface area contributed by atoms with Gasteiger partial charge in [0.15, 0.2) is 6.10 Å². The van der Waals surface area contributed by atoms with E-state index in [9.17, 15) is 18.0 Å². The molecule has 1 aliphatic heterocycles. The zero-order chi connectivity index (χ0) is 27.3. The molecule has 0 aliphatic carbocycles. The Hall–Kier alpha value is -4.46. The molecule has 39 heavy (non-hydrogen) atoms. The van der Waals surface area contributed by atoms with Crippen molar-refractivity contribution in [3.8, 4) is 11.4 Å². The first kappa shape index (κ1) is 24.9. The topological polar surface area (TPSA) is 130 Å². The Morgan fingerprint density at radius 3 is 2.74 bits per heavy atom. The second kappa shape index (κ2) is 9.38. The summed E-state index contributed by atoms with van der Waals surface area (Å²) in [6, 6.07) is 6.51. The van der Waals surface area contributed by atoms with Crippen molar-refractivity contribution in [2.24, 2.45) is 7.05 Å². The number of fused-ring (bicyclic) bond motifs is 2. The number of imidazole rings is 1. The Balaban J connectivity index is 1.41. The first-order valence-electron chi connectivity index (χ1n) is 12.2. The van der Waals surface area contributed by atoms with E-state index in [0.717, 1.165) is 0 Å². The molecule has 3 N–H and O–H groups in total. The molecule has 0 bridgehead atoms. The van der Waals surface area contributed by atoms with Gasteiger partial charge in [-0.2, -0.15) is 18.3 Å². The maximum absolute atomic E-state index is 13.4. The van der Waals surface area contributed by atoms with Gasteiger partial charge < -0.3 is 24.9 Å². The SMILES string of the molecule is C[C@H](Nc1c(-c2nc3ccc(N4CCO[C@@H](C(F)(F)F)C4)cc3[nH]2)c(=O)[nH]c2cn(C)nc12)c1ncccn1. The van der Waals surface area contributed by atoms with Gasteiger partial charge in [0.2, 0.25) is 0 Å². The van der Waals surface area contributed by atoms with E-state index in [2.05, 4.69) is 35.3 Å². The molecule has 2 atom stereocenters. The molecule has 14 heteroatoms. The highest BCUT2D eigenvalue weighted by Gasteiger charge is 2.43. The van der Waals surface area contributed by atoms with Gasteiger partial charge in [0.1, 0.15) is 22.7 Å². The molecule has 5 aromatic rings. The number of hydrogen-bond donors (Lipinski definition) is 3. The Bertz CT molecular complexity index is 1710. The number of halogens is 3. The molecule has 202 valence electrons. The van der Waals surface area contributed by atoms with Crippen LogP contribution < -0.4 is 15.8 Å². The van der Waals surface area contributed by atoms with E-state index in [1.165, 1.54) is 0 Å². The lowest BCUT2D eigenvalue weighted by atomic mass is 10.1. The van der Waals surface area contributed by atoms with E-state index >= 15 is 0 Å². The van der Waals surface area contributed by atoms with Gasteiger partial charge in [-0.05, 0) is 31.2 Å². The summed E-state index contributed by atoms with van der Waals surface area (Å²) < 4.78 is 46.2. The summed E-state index contributed by atoms with van der Waals surface area (Å²) in [4.78, 5) is 34.3. The minimum atomic E-state index is -4.44. The number of aromatic nitrogens is 7. The number of alkyl halides is 3. The van der Waals surface area contributed by atoms with E-state index < -0.39 is 12.3 Å². The van der Waals surface area contributed by atoms with Gasteiger partial charge in [-0.25, -0.2) is 15.0 Å². The number of H-pyrrole nitrogens is 2. The maximum atomic E-state index is 13.4. The zero-order valence-corrected chi connectivity index (χ0v) is 21.0. The molecule has 0 radical (unpaired) electrons. The van der Waals surface area contributed by atoms with Crippen molar-refractivity contribution in [3.05, 3.63) is 59.0 Å². The fraction of sp³-hybridized carbons (Fsp3) is 0.320. The van der Waals surface area contributed by atoms with E-state index in [-0.39, 0.29) is 36.1 Å². The van der Waals surface area contributed by atoms with Crippen LogP contribution in [0.25, 0.3) is 33.5 Å². The van der Waals surface area contributed by atoms with Crippen molar-refractivity contribution < 1.29 is 17.9 Å². The molecule has 0 unspecified atom stereocenters. The number of morpholine rings is 1. The zero-order valence-electron chi connectivity index (χ0n) is 21.0. The number of ether oxygens (including phenoxy) is 1. The molecule has 1 aromatic carbocycles. The van der Waals surface area contributed by atoms with Gasteiger partial charge in [-0.3, -0.25) is 9.48 Å². The van der Waals surface area contributed by atoms with Crippen molar-refractivity contribution in [3.63, 3.8) is 0 Å². The Morgan fingerprint density at radius 1 is 1.18 bits per heavy atom. The average molecular weight is 540 g/mol. The van der Waals surface area contributed by atoms with Crippen LogP contribution in [0.2, 0.25) is 0 Å². The van der Waals surface area contributed by atoms with Crippen molar-refractivity contribution in [1.29, 1.82) is 0 Å². The van der Waals surface area contributed by atoms with E-state index in [1.54, 1.807) is 59.5 Å². The van der Waals surface area contributed by atoms with E-state index in [4.69, 9.17) is 4.74 Å². The second-order valence-corrected chi connectivity index (χ2v) is 9.38. The second-order valence-electron chi connectivity index (χ2n) is 9.38. The number of aryl methyl sites for hydroxylation is 1. The summed E-state index contributed by atoms with van der Waals surface area (Å²) in [5.74, 6) is 0.819. The summed E-state index contributed by atoms with van der Waals surface area (Å²) in [7, 11) is 1.75. The summed E-state index contributed by atoms with van der Waals surface area (Å²) in [5, 5.41) is 7.87. The third kappa shape index (κ3) is 4.67. The lowest BCUT2D eigenvalue weighted by Gasteiger charge is -2.35. The summed E-state index contributed by atoms with van der Waals surface area (Å²) in [6.45, 7) is 1.85. The minimum Gasteiger partial charge on any atom is -0.373 e. The van der Waals surface area contributed by atoms with Crippen LogP contribution >= 0.6 is 0 Å². The Morgan fingerprint density at radius 2 is 1.97 bits per heavy atom. The first-order chi connectivity index (χ1) is 18.7. The largest absolute Gasteiger partial charge is 0.416 e. The number of rotatable bonds is 5. The van der Waals surface area contributed by atoms with Gasteiger partial charge in [0, 0.05) is 37.9 Å². The number of nitrogens with one attached hydrogen (secondary N) is 3. The first-order valence-corrected chi connectivity index (χ1v) is 12.2. The Labute approximate surface area is 219 Å². The fourth-order valence-corrected chi connectivity index (χ4v) is 4.76. The molecule has 5 heterocycles. The standard InChI is InChI=1S/C25H24F3N9O2/c1-13(22-29-6-3-7-30-22)31-21-19(24(38)34-17-11-36(2)35-20(17)21)23-32-15-5-4-14(10-16(15)33-23)37-8-9-39-18(12-37)25(26,27)28/h3-7,10-11,13,18,31H,8-9,12H2,1-2H3,(H,32,33)(H,34,38)/t13-,18+/m0/s1. The lowest BCUT2D eigenvalue weighted by molar-refractivity contribution is -0.221. The molecular formula is C25H24F3N9O2. The van der Waals surface area contributed by atoms with Gasteiger partial charge in [-0.15, -0.1) is 0 Å². The molecule has 11 nitrogen and oxygen atoms in total. The number of hydrogen-bond acceptors (Lipinski definition) is 8. The fourth-order valence-electron chi connectivity index (χ4n) is 4.76. The number of nitrogens with zero attached hydrogens (tertiary/aromatic N) is 6. The summed E-state index contributed by atoms with van der Waals surface area (Å²) in [5.41, 5.74) is 3.10. The normalized spacial score (nSPS) is 17.2. The minimum absolute atomic E-state index is 0.0335. The quantitative estimate of drug-likeness (QED) is 0.309. The molecule has 1 aliphatic rings. The smallest absolute Gasteiger partial charge is 0.373 e. The maximum Gasteiger partial charge on any atom is 0.416 e. The predicted octanol–water partition coefficient (Wildman–Crippen LogP) is 3.54. The summed E-state index contributed by atoms with van der Waals surface area (Å²) >= 11 is 0. The monoisotopic (exact) mass is 539 g/mol. The van der Waals surface area contributed by atoms with Crippen LogP contribution in [0.4, 0.5) is 24.5 Å². The van der Waals surface area contributed by atoms with Gasteiger partial charge in [-0.1, -0.05) is 0 Å². The number of benzene rings is 1. The molecule has 0 saturated carbocycles. The molecule has 1 fully saturated rings. The number of aromatic amines is 2. The van der Waals surface area contributed by atoms with Crippen LogP contribution in [0, 0.1) is 0 Å².